The number of benzene rings is 2. The molecule has 2 rings (SSSR count). The molecule has 0 heterocycles. The second-order valence-electron chi connectivity index (χ2n) is 4.05. The molecule has 2 aromatic rings. The van der Waals surface area contributed by atoms with Crippen LogP contribution in [-0.2, 0) is 0 Å². The molecule has 1 atom stereocenters. The van der Waals surface area contributed by atoms with Crippen molar-refractivity contribution in [1.82, 2.24) is 0 Å². The molecule has 1 N–H and O–H groups in total. The Bertz CT molecular complexity index is 510. The summed E-state index contributed by atoms with van der Waals surface area (Å²) in [6.45, 7) is 1.94. The van der Waals surface area contributed by atoms with Crippen molar-refractivity contribution in [3.8, 4) is 0 Å². The number of halogens is 1. The fourth-order valence-corrected chi connectivity index (χ4v) is 2.52. The second kappa shape index (κ2) is 6.03. The first-order valence-corrected chi connectivity index (χ1v) is 6.72. The Morgan fingerprint density at radius 2 is 1.83 bits per heavy atom. The van der Waals surface area contributed by atoms with E-state index >= 15 is 0 Å². The summed E-state index contributed by atoms with van der Waals surface area (Å²) in [5.74, 6) is -0.224. The van der Waals surface area contributed by atoms with Gasteiger partial charge in [-0.15, -0.1) is 0 Å². The molecule has 0 aliphatic heterocycles. The van der Waals surface area contributed by atoms with Crippen molar-refractivity contribution in [3.63, 3.8) is 0 Å². The minimum absolute atomic E-state index is 0.224. The molecule has 0 saturated heterocycles. The molecule has 2 aromatic carbocycles. The van der Waals surface area contributed by atoms with Gasteiger partial charge in [0.2, 0.25) is 0 Å². The molecule has 3 heteroatoms. The quantitative estimate of drug-likeness (QED) is 0.880. The number of aliphatic hydroxyl groups excluding tert-OH is 1. The van der Waals surface area contributed by atoms with Crippen molar-refractivity contribution in [3.05, 3.63) is 59.9 Å². The first-order valence-electron chi connectivity index (χ1n) is 5.90. The van der Waals surface area contributed by atoms with Gasteiger partial charge < -0.3 is 5.11 Å². The van der Waals surface area contributed by atoms with E-state index in [1.54, 1.807) is 6.07 Å². The molecule has 0 fully saturated rings. The molecule has 18 heavy (non-hydrogen) atoms. The highest BCUT2D eigenvalue weighted by molar-refractivity contribution is 7.99. The summed E-state index contributed by atoms with van der Waals surface area (Å²) in [6, 6.07) is 14.2. The zero-order valence-electron chi connectivity index (χ0n) is 10.1. The van der Waals surface area contributed by atoms with Gasteiger partial charge in [0.1, 0.15) is 5.82 Å². The predicted molar refractivity (Wildman–Crippen MR) is 72.2 cm³/mol. The molecule has 0 aliphatic rings. The van der Waals surface area contributed by atoms with Crippen molar-refractivity contribution in [1.29, 1.82) is 0 Å². The van der Waals surface area contributed by atoms with Crippen LogP contribution in [0.4, 0.5) is 4.39 Å². The second-order valence-corrected chi connectivity index (χ2v) is 5.20. The zero-order valence-corrected chi connectivity index (χ0v) is 11.0. The Balaban J connectivity index is 2.11. The third-order valence-electron chi connectivity index (χ3n) is 2.68. The Morgan fingerprint density at radius 1 is 1.11 bits per heavy atom. The van der Waals surface area contributed by atoms with Gasteiger partial charge in [-0.3, -0.25) is 0 Å². The summed E-state index contributed by atoms with van der Waals surface area (Å²) in [4.78, 5) is 1.91. The zero-order chi connectivity index (χ0) is 13.0. The monoisotopic (exact) mass is 262 g/mol. The van der Waals surface area contributed by atoms with Crippen LogP contribution in [0.5, 0.6) is 0 Å². The largest absolute Gasteiger partial charge is 0.388 e. The van der Waals surface area contributed by atoms with Gasteiger partial charge in [0.25, 0.3) is 0 Å². The van der Waals surface area contributed by atoms with Crippen LogP contribution in [0, 0.1) is 5.82 Å². The van der Waals surface area contributed by atoms with E-state index in [0.717, 1.165) is 15.4 Å². The van der Waals surface area contributed by atoms with Gasteiger partial charge >= 0.3 is 0 Å². The molecule has 0 aliphatic carbocycles. The van der Waals surface area contributed by atoms with Crippen LogP contribution >= 0.6 is 11.8 Å². The van der Waals surface area contributed by atoms with Crippen LogP contribution in [0.2, 0.25) is 0 Å². The highest BCUT2D eigenvalue weighted by Gasteiger charge is 2.04. The van der Waals surface area contributed by atoms with E-state index in [-0.39, 0.29) is 5.82 Å². The van der Waals surface area contributed by atoms with Crippen LogP contribution in [0.25, 0.3) is 0 Å². The Kier molecular flexibility index (Phi) is 4.39. The normalized spacial score (nSPS) is 12.4. The van der Waals surface area contributed by atoms with Gasteiger partial charge in [0, 0.05) is 9.79 Å². The molecule has 0 unspecified atom stereocenters. The van der Waals surface area contributed by atoms with E-state index < -0.39 is 6.10 Å². The minimum Gasteiger partial charge on any atom is -0.388 e. The maximum absolute atomic E-state index is 13.0. The minimum atomic E-state index is -0.404. The summed E-state index contributed by atoms with van der Waals surface area (Å²) < 4.78 is 13.0. The van der Waals surface area contributed by atoms with Crippen molar-refractivity contribution < 1.29 is 9.50 Å². The van der Waals surface area contributed by atoms with Crippen LogP contribution in [0.3, 0.4) is 0 Å². The molecular weight excluding hydrogens is 247 g/mol. The smallest absolute Gasteiger partial charge is 0.124 e. The number of rotatable bonds is 4. The van der Waals surface area contributed by atoms with Crippen LogP contribution in [-0.4, -0.2) is 5.11 Å². The molecule has 1 nitrogen and oxygen atoms in total. The maximum Gasteiger partial charge on any atom is 0.124 e. The number of hydrogen-bond acceptors (Lipinski definition) is 2. The van der Waals surface area contributed by atoms with E-state index in [9.17, 15) is 9.50 Å². The summed E-state index contributed by atoms with van der Waals surface area (Å²) >= 11 is 1.51. The highest BCUT2D eigenvalue weighted by Crippen LogP contribution is 2.29. The Labute approximate surface area is 111 Å². The van der Waals surface area contributed by atoms with Crippen molar-refractivity contribution in [2.75, 3.05) is 0 Å². The van der Waals surface area contributed by atoms with Gasteiger partial charge in [0.05, 0.1) is 6.10 Å². The van der Waals surface area contributed by atoms with E-state index in [4.69, 9.17) is 0 Å². The summed E-state index contributed by atoms with van der Waals surface area (Å²) in [7, 11) is 0. The van der Waals surface area contributed by atoms with E-state index in [0.29, 0.717) is 6.42 Å². The third kappa shape index (κ3) is 3.34. The third-order valence-corrected chi connectivity index (χ3v) is 3.68. The van der Waals surface area contributed by atoms with E-state index in [1.165, 1.54) is 23.9 Å². The first-order chi connectivity index (χ1) is 8.69. The first kappa shape index (κ1) is 13.1. The molecule has 0 radical (unpaired) electrons. The number of hydrogen-bond donors (Lipinski definition) is 1. The summed E-state index contributed by atoms with van der Waals surface area (Å²) in [5, 5.41) is 9.69. The van der Waals surface area contributed by atoms with Crippen LogP contribution < -0.4 is 0 Å². The van der Waals surface area contributed by atoms with Gasteiger partial charge in [-0.25, -0.2) is 4.39 Å². The average molecular weight is 262 g/mol. The average Bonchev–Trinajstić information content (AvgIpc) is 2.39. The lowest BCUT2D eigenvalue weighted by atomic mass is 10.1. The molecule has 0 bridgehead atoms. The Morgan fingerprint density at radius 3 is 2.44 bits per heavy atom. The summed E-state index contributed by atoms with van der Waals surface area (Å²) in [6.07, 6.45) is 0.300. The SMILES string of the molecule is CC[C@@H](O)c1ccc(Sc2cccc(F)c2)cc1. The van der Waals surface area contributed by atoms with Crippen molar-refractivity contribution in [2.24, 2.45) is 0 Å². The van der Waals surface area contributed by atoms with Crippen molar-refractivity contribution >= 4 is 11.8 Å². The lowest BCUT2D eigenvalue weighted by Crippen LogP contribution is -1.93. The fourth-order valence-electron chi connectivity index (χ4n) is 1.66. The lowest BCUT2D eigenvalue weighted by molar-refractivity contribution is 0.173. The van der Waals surface area contributed by atoms with Crippen molar-refractivity contribution in [2.45, 2.75) is 29.2 Å². The van der Waals surface area contributed by atoms with E-state index in [2.05, 4.69) is 0 Å². The predicted octanol–water partition coefficient (Wildman–Crippen LogP) is 4.42. The molecule has 0 amide bonds. The van der Waals surface area contributed by atoms with Gasteiger partial charge in [0.15, 0.2) is 0 Å². The summed E-state index contributed by atoms with van der Waals surface area (Å²) in [5.41, 5.74) is 0.918. The molecule has 0 spiro atoms. The Hall–Kier alpha value is -1.32. The maximum atomic E-state index is 13.0. The lowest BCUT2D eigenvalue weighted by Gasteiger charge is -2.08. The van der Waals surface area contributed by atoms with Gasteiger partial charge in [-0.1, -0.05) is 36.9 Å². The van der Waals surface area contributed by atoms with Gasteiger partial charge in [-0.2, -0.15) is 0 Å². The molecule has 0 aromatic heterocycles. The standard InChI is InChI=1S/C15H15FOS/c1-2-15(17)11-6-8-13(9-7-11)18-14-5-3-4-12(16)10-14/h3-10,15,17H,2H2,1H3/t15-/m1/s1. The van der Waals surface area contributed by atoms with Crippen LogP contribution in [0.15, 0.2) is 58.3 Å². The van der Waals surface area contributed by atoms with E-state index in [1.807, 2.05) is 37.3 Å². The topological polar surface area (TPSA) is 20.2 Å². The van der Waals surface area contributed by atoms with Crippen LogP contribution in [0.1, 0.15) is 25.0 Å². The fraction of sp³-hybridized carbons (Fsp3) is 0.200. The molecule has 0 saturated carbocycles. The molecule has 94 valence electrons. The number of aliphatic hydroxyl groups is 1. The molecular formula is C15H15FOS. The highest BCUT2D eigenvalue weighted by atomic mass is 32.2. The van der Waals surface area contributed by atoms with Gasteiger partial charge in [-0.05, 0) is 42.3 Å².